The van der Waals surface area contributed by atoms with E-state index in [1.54, 1.807) is 22.7 Å². The zero-order valence-corrected chi connectivity index (χ0v) is 23.5. The third-order valence-electron chi connectivity index (χ3n) is 7.10. The van der Waals surface area contributed by atoms with Gasteiger partial charge in [-0.25, -0.2) is 0 Å². The lowest BCUT2D eigenvalue weighted by atomic mass is 9.88. The Bertz CT molecular complexity index is 1070. The molecule has 1 saturated heterocycles. The van der Waals surface area contributed by atoms with Gasteiger partial charge in [-0.05, 0) is 60.3 Å². The molecule has 167 valence electrons. The molecule has 4 rings (SSSR count). The summed E-state index contributed by atoms with van der Waals surface area (Å²) in [6, 6.07) is 4.07. The number of thiophene rings is 2. The van der Waals surface area contributed by atoms with Crippen molar-refractivity contribution in [2.45, 2.75) is 77.3 Å². The van der Waals surface area contributed by atoms with Crippen LogP contribution in [0.5, 0.6) is 0 Å². The van der Waals surface area contributed by atoms with Crippen molar-refractivity contribution in [2.24, 2.45) is 0 Å². The highest BCUT2D eigenvalue weighted by Gasteiger charge is 2.53. The molecule has 1 fully saturated rings. The predicted molar refractivity (Wildman–Crippen MR) is 140 cm³/mol. The van der Waals surface area contributed by atoms with Crippen LogP contribution >= 0.6 is 39.1 Å². The summed E-state index contributed by atoms with van der Waals surface area (Å²) in [6.45, 7) is 18.5. The average molecular weight is 495 g/mol. The van der Waals surface area contributed by atoms with Crippen molar-refractivity contribution in [1.82, 2.24) is 0 Å². The van der Waals surface area contributed by atoms with Crippen LogP contribution in [0.2, 0.25) is 0 Å². The Kier molecular flexibility index (Phi) is 5.69. The molecule has 2 aromatic rings. The fourth-order valence-corrected chi connectivity index (χ4v) is 9.22. The lowest BCUT2D eigenvalue weighted by molar-refractivity contribution is 0.00578. The Morgan fingerprint density at radius 1 is 1.03 bits per heavy atom. The summed E-state index contributed by atoms with van der Waals surface area (Å²) in [4.78, 5) is 2.17. The van der Waals surface area contributed by atoms with Crippen LogP contribution in [0.1, 0.15) is 55.4 Å². The molecule has 2 unspecified atom stereocenters. The van der Waals surface area contributed by atoms with Gasteiger partial charge in [0, 0.05) is 25.3 Å². The van der Waals surface area contributed by atoms with Gasteiger partial charge in [0.05, 0.1) is 26.6 Å². The third-order valence-corrected chi connectivity index (χ3v) is 13.0. The van der Waals surface area contributed by atoms with Gasteiger partial charge in [-0.2, -0.15) is 0 Å². The smallest absolute Gasteiger partial charge is 0.428 e. The van der Waals surface area contributed by atoms with Crippen molar-refractivity contribution in [3.05, 3.63) is 12.1 Å². The van der Waals surface area contributed by atoms with Gasteiger partial charge in [-0.3, -0.25) is 0 Å². The molecule has 4 nitrogen and oxygen atoms in total. The Balaban J connectivity index is 1.62. The first kappa shape index (κ1) is 24.2. The number of rotatable bonds is 5. The molecule has 0 aromatic carbocycles. The third kappa shape index (κ3) is 3.89. The van der Waals surface area contributed by atoms with Crippen LogP contribution in [0.25, 0.3) is 9.75 Å². The molecule has 1 radical (unpaired) electrons. The van der Waals surface area contributed by atoms with Gasteiger partial charge < -0.3 is 18.5 Å². The Hall–Kier alpha value is 0.0699. The molecule has 2 atom stereocenters. The SMILES string of the molecule is CC(C)(P)C(C)(C)O[B]c1cc2c(s1)-c1sc(B3OC(C)(C)C(C)(C)O3)cc1P2(C)=O. The first-order chi connectivity index (χ1) is 14.0. The van der Waals surface area contributed by atoms with Gasteiger partial charge in [-0.1, -0.05) is 13.8 Å². The van der Waals surface area contributed by atoms with Gasteiger partial charge in [0.2, 0.25) is 0 Å². The van der Waals surface area contributed by atoms with Crippen LogP contribution in [-0.4, -0.2) is 43.2 Å². The van der Waals surface area contributed by atoms with Gasteiger partial charge >= 0.3 is 14.6 Å². The molecule has 0 amide bonds. The van der Waals surface area contributed by atoms with Crippen LogP contribution in [0.15, 0.2) is 12.1 Å². The van der Waals surface area contributed by atoms with Crippen LogP contribution in [-0.2, 0) is 18.5 Å². The first-order valence-electron chi connectivity index (χ1n) is 10.5. The minimum atomic E-state index is -2.65. The van der Waals surface area contributed by atoms with Gasteiger partial charge in [0.1, 0.15) is 7.14 Å². The molecular formula is C21H31B2O4P2S2. The number of hydrogen-bond donors (Lipinski definition) is 0. The molecule has 10 heteroatoms. The molecule has 2 aromatic heterocycles. The molecule has 31 heavy (non-hydrogen) atoms. The van der Waals surface area contributed by atoms with Gasteiger partial charge in [-0.15, -0.1) is 31.9 Å². The van der Waals surface area contributed by atoms with Crippen LogP contribution in [0.3, 0.4) is 0 Å². The summed E-state index contributed by atoms with van der Waals surface area (Å²) in [5.74, 6) is 0. The fourth-order valence-electron chi connectivity index (χ4n) is 3.38. The monoisotopic (exact) mass is 495 g/mol. The normalized spacial score (nSPS) is 24.4. The maximum Gasteiger partial charge on any atom is 0.505 e. The van der Waals surface area contributed by atoms with E-state index in [1.165, 1.54) is 0 Å². The van der Waals surface area contributed by atoms with Gasteiger partial charge in [0.25, 0.3) is 0 Å². The Labute approximate surface area is 197 Å². The molecule has 0 N–H and O–H groups in total. The second kappa shape index (κ2) is 7.28. The zero-order chi connectivity index (χ0) is 23.2. The summed E-state index contributed by atoms with van der Waals surface area (Å²) in [5.41, 5.74) is -1.14. The molecule has 0 aliphatic carbocycles. The van der Waals surface area contributed by atoms with Gasteiger partial charge in [0.15, 0.2) is 0 Å². The van der Waals surface area contributed by atoms with E-state index in [4.69, 9.17) is 14.0 Å². The second-order valence-corrected chi connectivity index (χ2v) is 17.1. The van der Waals surface area contributed by atoms with E-state index in [2.05, 4.69) is 64.6 Å². The second-order valence-electron chi connectivity index (χ2n) is 10.7. The maximum atomic E-state index is 13.8. The van der Waals surface area contributed by atoms with E-state index in [-0.39, 0.29) is 10.8 Å². The van der Waals surface area contributed by atoms with Crippen molar-refractivity contribution in [2.75, 3.05) is 6.66 Å². The molecule has 2 aliphatic rings. The Morgan fingerprint density at radius 3 is 2.10 bits per heavy atom. The molecule has 0 saturated carbocycles. The minimum Gasteiger partial charge on any atom is -0.428 e. The van der Waals surface area contributed by atoms with Crippen LogP contribution in [0, 0.1) is 0 Å². The maximum absolute atomic E-state index is 13.8. The summed E-state index contributed by atoms with van der Waals surface area (Å²) in [5, 5.41) is 1.79. The van der Waals surface area contributed by atoms with Crippen molar-refractivity contribution < 1.29 is 18.5 Å². The standard InChI is InChI=1S/C21H31B2O4P2S2/c1-18(2)19(3,4)27-23(26-18)15-11-13-17(31-15)16-12(29(13,9)24)10-14(30-16)22-25-20(5,6)21(7,8)28/h10-11H,28H2,1-9H3. The van der Waals surface area contributed by atoms with E-state index in [0.717, 1.165) is 29.9 Å². The molecule has 0 spiro atoms. The highest BCUT2D eigenvalue weighted by molar-refractivity contribution is 7.80. The van der Waals surface area contributed by atoms with Crippen molar-refractivity contribution in [3.8, 4) is 9.75 Å². The zero-order valence-electron chi connectivity index (χ0n) is 19.8. The molecular weight excluding hydrogens is 464 g/mol. The molecule has 0 bridgehead atoms. The van der Waals surface area contributed by atoms with E-state index in [9.17, 15) is 4.57 Å². The summed E-state index contributed by atoms with van der Waals surface area (Å²) in [6.07, 6.45) is 0. The lowest BCUT2D eigenvalue weighted by Gasteiger charge is -2.38. The molecule has 2 aliphatic heterocycles. The highest BCUT2D eigenvalue weighted by atomic mass is 32.1. The predicted octanol–water partition coefficient (Wildman–Crippen LogP) is 3.73. The largest absolute Gasteiger partial charge is 0.505 e. The van der Waals surface area contributed by atoms with Crippen molar-refractivity contribution in [1.29, 1.82) is 0 Å². The van der Waals surface area contributed by atoms with E-state index in [0.29, 0.717) is 0 Å². The average Bonchev–Trinajstić information content (AvgIpc) is 3.29. The number of fused-ring (bicyclic) bond motifs is 3. The fraction of sp³-hybridized carbons (Fsp3) is 0.619. The van der Waals surface area contributed by atoms with E-state index < -0.39 is 25.5 Å². The highest BCUT2D eigenvalue weighted by Crippen LogP contribution is 2.53. The topological polar surface area (TPSA) is 44.8 Å². The van der Waals surface area contributed by atoms with Crippen LogP contribution < -0.4 is 20.2 Å². The van der Waals surface area contributed by atoms with Crippen molar-refractivity contribution in [3.63, 3.8) is 0 Å². The van der Waals surface area contributed by atoms with E-state index >= 15 is 0 Å². The summed E-state index contributed by atoms with van der Waals surface area (Å²) < 4.78 is 34.4. The quantitative estimate of drug-likeness (QED) is 0.469. The Morgan fingerprint density at radius 2 is 1.55 bits per heavy atom. The minimum absolute atomic E-state index is 0.0812. The van der Waals surface area contributed by atoms with E-state index in [1.807, 2.05) is 26.3 Å². The molecule has 4 heterocycles. The van der Waals surface area contributed by atoms with Crippen LogP contribution in [0.4, 0.5) is 0 Å². The van der Waals surface area contributed by atoms with Crippen molar-refractivity contribution >= 4 is 73.8 Å². The summed E-state index contributed by atoms with van der Waals surface area (Å²) >= 11 is 3.28. The summed E-state index contributed by atoms with van der Waals surface area (Å²) in [7, 11) is 1.59. The number of hydrogen-bond acceptors (Lipinski definition) is 6. The lowest BCUT2D eigenvalue weighted by Crippen LogP contribution is -2.45. The first-order valence-corrected chi connectivity index (χ1v) is 14.8.